The van der Waals surface area contributed by atoms with E-state index in [1.54, 1.807) is 14.2 Å². The van der Waals surface area contributed by atoms with Crippen LogP contribution in [-0.2, 0) is 6.54 Å². The summed E-state index contributed by atoms with van der Waals surface area (Å²) in [7, 11) is 3.40. The van der Waals surface area contributed by atoms with Gasteiger partial charge >= 0.3 is 0 Å². The van der Waals surface area contributed by atoms with Crippen molar-refractivity contribution in [2.45, 2.75) is 39.3 Å². The third-order valence-electron chi connectivity index (χ3n) is 5.73. The van der Waals surface area contributed by atoms with Gasteiger partial charge in [-0.3, -0.25) is 4.90 Å². The van der Waals surface area contributed by atoms with Crippen molar-refractivity contribution in [2.75, 3.05) is 20.8 Å². The summed E-state index contributed by atoms with van der Waals surface area (Å²) in [5.74, 6) is 3.32. The van der Waals surface area contributed by atoms with Gasteiger partial charge in [0.25, 0.3) is 0 Å². The Bertz CT molecular complexity index is 996. The Hall–Kier alpha value is -2.79. The zero-order chi connectivity index (χ0) is 20.4. The van der Waals surface area contributed by atoms with Crippen LogP contribution in [0.4, 0.5) is 0 Å². The molecule has 5 heteroatoms. The molecule has 0 radical (unpaired) electrons. The molecule has 4 rings (SSSR count). The van der Waals surface area contributed by atoms with Crippen LogP contribution in [0.1, 0.15) is 41.5 Å². The Morgan fingerprint density at radius 2 is 1.97 bits per heavy atom. The van der Waals surface area contributed by atoms with Gasteiger partial charge in [-0.1, -0.05) is 12.1 Å². The average Bonchev–Trinajstić information content (AvgIpc) is 3.35. The molecule has 0 aliphatic carbocycles. The van der Waals surface area contributed by atoms with Crippen LogP contribution in [0, 0.1) is 13.8 Å². The first-order chi connectivity index (χ1) is 14.1. The lowest BCUT2D eigenvalue weighted by atomic mass is 10.0. The molecule has 152 valence electrons. The van der Waals surface area contributed by atoms with Crippen LogP contribution in [0.2, 0.25) is 0 Å². The Morgan fingerprint density at radius 3 is 2.72 bits per heavy atom. The number of aryl methyl sites for hydroxylation is 2. The summed E-state index contributed by atoms with van der Waals surface area (Å²) < 4.78 is 16.8. The topological polar surface area (TPSA) is 47.7 Å². The van der Waals surface area contributed by atoms with Crippen molar-refractivity contribution < 1.29 is 13.9 Å². The minimum atomic E-state index is 0.382. The van der Waals surface area contributed by atoms with Gasteiger partial charge in [-0.25, -0.2) is 4.98 Å². The molecule has 1 aromatic heterocycles. The molecule has 5 nitrogen and oxygen atoms in total. The maximum atomic E-state index is 6.02. The summed E-state index contributed by atoms with van der Waals surface area (Å²) in [6.07, 6.45) is 2.33. The first-order valence-corrected chi connectivity index (χ1v) is 10.1. The molecule has 1 aliphatic rings. The number of rotatable bonds is 6. The van der Waals surface area contributed by atoms with Crippen molar-refractivity contribution in [3.8, 4) is 23.0 Å². The molecule has 0 bridgehead atoms. The number of likely N-dealkylation sites (tertiary alicyclic amines) is 1. The van der Waals surface area contributed by atoms with E-state index in [-0.39, 0.29) is 0 Å². The van der Waals surface area contributed by atoms with E-state index in [1.807, 2.05) is 32.0 Å². The van der Waals surface area contributed by atoms with E-state index in [9.17, 15) is 0 Å². The predicted molar refractivity (Wildman–Crippen MR) is 113 cm³/mol. The van der Waals surface area contributed by atoms with Crippen molar-refractivity contribution in [3.05, 3.63) is 65.0 Å². The molecular formula is C24H28N2O3. The SMILES string of the molecule is COc1cccc(C2CCCN2Cc2nc(-c3ccc(OC)c(C)c3)oc2C)c1. The molecule has 1 aliphatic heterocycles. The van der Waals surface area contributed by atoms with E-state index in [1.165, 1.54) is 12.0 Å². The average molecular weight is 392 g/mol. The van der Waals surface area contributed by atoms with Gasteiger partial charge in [0.05, 0.1) is 19.9 Å². The van der Waals surface area contributed by atoms with Gasteiger partial charge in [-0.15, -0.1) is 0 Å². The monoisotopic (exact) mass is 392 g/mol. The number of hydrogen-bond donors (Lipinski definition) is 0. The molecule has 1 unspecified atom stereocenters. The van der Waals surface area contributed by atoms with Crippen LogP contribution in [-0.4, -0.2) is 30.6 Å². The van der Waals surface area contributed by atoms with Crippen LogP contribution in [0.3, 0.4) is 0 Å². The normalized spacial score (nSPS) is 16.9. The fourth-order valence-electron chi connectivity index (χ4n) is 4.14. The summed E-state index contributed by atoms with van der Waals surface area (Å²) in [4.78, 5) is 7.32. The lowest BCUT2D eigenvalue weighted by Gasteiger charge is -2.24. The van der Waals surface area contributed by atoms with E-state index in [4.69, 9.17) is 18.9 Å². The maximum absolute atomic E-state index is 6.02. The molecule has 29 heavy (non-hydrogen) atoms. The van der Waals surface area contributed by atoms with Gasteiger partial charge in [-0.2, -0.15) is 0 Å². The third kappa shape index (κ3) is 4.01. The second-order valence-electron chi connectivity index (χ2n) is 7.61. The van der Waals surface area contributed by atoms with Gasteiger partial charge < -0.3 is 13.9 Å². The van der Waals surface area contributed by atoms with Gasteiger partial charge in [0.15, 0.2) is 0 Å². The first kappa shape index (κ1) is 19.5. The number of hydrogen-bond acceptors (Lipinski definition) is 5. The van der Waals surface area contributed by atoms with Crippen molar-refractivity contribution in [3.63, 3.8) is 0 Å². The molecule has 0 saturated carbocycles. The van der Waals surface area contributed by atoms with Crippen LogP contribution >= 0.6 is 0 Å². The number of nitrogens with zero attached hydrogens (tertiary/aromatic N) is 2. The Labute approximate surface area is 172 Å². The molecular weight excluding hydrogens is 364 g/mol. The highest BCUT2D eigenvalue weighted by Crippen LogP contribution is 2.35. The zero-order valence-corrected chi connectivity index (χ0v) is 17.6. The highest BCUT2D eigenvalue weighted by atomic mass is 16.5. The lowest BCUT2D eigenvalue weighted by Crippen LogP contribution is -2.23. The molecule has 0 N–H and O–H groups in total. The molecule has 2 heterocycles. The number of ether oxygens (including phenoxy) is 2. The zero-order valence-electron chi connectivity index (χ0n) is 17.6. The van der Waals surface area contributed by atoms with E-state index in [0.717, 1.165) is 53.6 Å². The smallest absolute Gasteiger partial charge is 0.226 e. The Balaban J connectivity index is 1.55. The molecule has 2 aromatic carbocycles. The minimum absolute atomic E-state index is 0.382. The molecule has 0 spiro atoms. The van der Waals surface area contributed by atoms with Gasteiger partial charge in [0, 0.05) is 18.2 Å². The number of methoxy groups -OCH3 is 2. The van der Waals surface area contributed by atoms with E-state index in [2.05, 4.69) is 29.2 Å². The predicted octanol–water partition coefficient (Wildman–Crippen LogP) is 5.31. The molecule has 1 saturated heterocycles. The van der Waals surface area contributed by atoms with Crippen LogP contribution < -0.4 is 9.47 Å². The molecule has 3 aromatic rings. The van der Waals surface area contributed by atoms with Crippen LogP contribution in [0.25, 0.3) is 11.5 Å². The second kappa shape index (κ2) is 8.29. The fraction of sp³-hybridized carbons (Fsp3) is 0.375. The molecule has 1 fully saturated rings. The van der Waals surface area contributed by atoms with Crippen molar-refractivity contribution in [1.82, 2.24) is 9.88 Å². The van der Waals surface area contributed by atoms with Gasteiger partial charge in [-0.05, 0) is 74.7 Å². The molecule has 1 atom stereocenters. The van der Waals surface area contributed by atoms with Crippen molar-refractivity contribution >= 4 is 0 Å². The van der Waals surface area contributed by atoms with E-state index in [0.29, 0.717) is 11.9 Å². The van der Waals surface area contributed by atoms with E-state index >= 15 is 0 Å². The minimum Gasteiger partial charge on any atom is -0.497 e. The maximum Gasteiger partial charge on any atom is 0.226 e. The van der Waals surface area contributed by atoms with E-state index < -0.39 is 0 Å². The van der Waals surface area contributed by atoms with Crippen LogP contribution in [0.5, 0.6) is 11.5 Å². The number of oxazole rings is 1. The second-order valence-corrected chi connectivity index (χ2v) is 7.61. The largest absolute Gasteiger partial charge is 0.497 e. The summed E-state index contributed by atoms with van der Waals surface area (Å²) in [6.45, 7) is 5.87. The molecule has 0 amide bonds. The first-order valence-electron chi connectivity index (χ1n) is 10.1. The summed E-state index contributed by atoms with van der Waals surface area (Å²) in [6, 6.07) is 14.8. The summed E-state index contributed by atoms with van der Waals surface area (Å²) in [5.41, 5.74) is 4.35. The standard InChI is InChI=1S/C24H28N2O3/c1-16-13-19(10-11-23(16)28-4)24-25-21(17(2)29-24)15-26-12-6-9-22(26)18-7-5-8-20(14-18)27-3/h5,7-8,10-11,13-14,22H,6,9,12,15H2,1-4H3. The van der Waals surface area contributed by atoms with Crippen LogP contribution in [0.15, 0.2) is 46.9 Å². The highest BCUT2D eigenvalue weighted by molar-refractivity contribution is 5.57. The van der Waals surface area contributed by atoms with Gasteiger partial charge in [0.2, 0.25) is 5.89 Å². The summed E-state index contributed by atoms with van der Waals surface area (Å²) in [5, 5.41) is 0. The third-order valence-corrected chi connectivity index (χ3v) is 5.73. The number of aromatic nitrogens is 1. The van der Waals surface area contributed by atoms with Crippen molar-refractivity contribution in [1.29, 1.82) is 0 Å². The Kier molecular flexibility index (Phi) is 5.58. The fourth-order valence-corrected chi connectivity index (χ4v) is 4.14. The number of benzene rings is 2. The lowest BCUT2D eigenvalue weighted by molar-refractivity contribution is 0.244. The van der Waals surface area contributed by atoms with Crippen molar-refractivity contribution in [2.24, 2.45) is 0 Å². The highest BCUT2D eigenvalue weighted by Gasteiger charge is 2.28. The Morgan fingerprint density at radius 1 is 1.10 bits per heavy atom. The summed E-state index contributed by atoms with van der Waals surface area (Å²) >= 11 is 0. The van der Waals surface area contributed by atoms with Gasteiger partial charge in [0.1, 0.15) is 17.3 Å². The quantitative estimate of drug-likeness (QED) is 0.569.